The minimum Gasteiger partial charge on any atom is -0.311 e. The van der Waals surface area contributed by atoms with Gasteiger partial charge >= 0.3 is 0 Å². The van der Waals surface area contributed by atoms with Gasteiger partial charge in [0.2, 0.25) is 0 Å². The number of pyridine rings is 2. The third-order valence-corrected chi connectivity index (χ3v) is 6.78. The van der Waals surface area contributed by atoms with Crippen molar-refractivity contribution in [2.75, 3.05) is 23.9 Å². The zero-order valence-corrected chi connectivity index (χ0v) is 16.8. The van der Waals surface area contributed by atoms with Gasteiger partial charge in [-0.25, -0.2) is 0 Å². The largest absolute Gasteiger partial charge is 0.311 e. The number of rotatable bonds is 0. The van der Waals surface area contributed by atoms with E-state index in [0.29, 0.717) is 77.0 Å². The van der Waals surface area contributed by atoms with E-state index in [-0.39, 0.29) is 11.8 Å². The van der Waals surface area contributed by atoms with E-state index < -0.39 is 0 Å². The Morgan fingerprint density at radius 3 is 1.47 bits per heavy atom. The van der Waals surface area contributed by atoms with Crippen LogP contribution in [0.1, 0.15) is 31.8 Å². The van der Waals surface area contributed by atoms with Crippen LogP contribution in [0.15, 0.2) is 24.5 Å². The number of benzene rings is 3. The second-order valence-electron chi connectivity index (χ2n) is 8.13. The van der Waals surface area contributed by atoms with Crippen molar-refractivity contribution in [1.29, 1.82) is 10.5 Å². The summed E-state index contributed by atoms with van der Waals surface area (Å²) in [5, 5.41) is 23.9. The molecular weight excluding hydrogens is 404 g/mol. The number of carbonyl (C=O) groups excluding carboxylic acids is 2. The molecule has 2 aliphatic rings. The normalized spacial score (nSPS) is 14.5. The van der Waals surface area contributed by atoms with Gasteiger partial charge in [0.05, 0.1) is 56.8 Å². The van der Waals surface area contributed by atoms with Crippen molar-refractivity contribution >= 4 is 66.5 Å². The van der Waals surface area contributed by atoms with E-state index in [0.717, 1.165) is 0 Å². The number of hydrogen-bond acceptors (Lipinski definition) is 6. The van der Waals surface area contributed by atoms with Gasteiger partial charge in [-0.3, -0.25) is 19.6 Å². The van der Waals surface area contributed by atoms with Crippen LogP contribution >= 0.6 is 0 Å². The van der Waals surface area contributed by atoms with Gasteiger partial charge in [-0.1, -0.05) is 0 Å². The van der Waals surface area contributed by atoms with Crippen LogP contribution in [0.3, 0.4) is 0 Å². The monoisotopic (exact) mass is 414 g/mol. The zero-order chi connectivity index (χ0) is 22.0. The summed E-state index contributed by atoms with van der Waals surface area (Å²) in [5.41, 5.74) is 3.96. The predicted octanol–water partition coefficient (Wildman–Crippen LogP) is 3.45. The van der Waals surface area contributed by atoms with Gasteiger partial charge in [-0.2, -0.15) is 10.5 Å². The molecule has 148 valence electrons. The Hall–Kier alpha value is -4.82. The minimum absolute atomic E-state index is 0.194. The van der Waals surface area contributed by atoms with Crippen molar-refractivity contribution in [3.63, 3.8) is 0 Å². The first-order valence-corrected chi connectivity index (χ1v) is 9.84. The van der Waals surface area contributed by atoms with Crippen molar-refractivity contribution in [1.82, 2.24) is 9.97 Å². The lowest BCUT2D eigenvalue weighted by Gasteiger charge is -2.17. The predicted molar refractivity (Wildman–Crippen MR) is 118 cm³/mol. The van der Waals surface area contributed by atoms with Crippen LogP contribution in [0.5, 0.6) is 0 Å². The highest BCUT2D eigenvalue weighted by atomic mass is 16.2. The Labute approximate surface area is 179 Å². The number of carbonyl (C=O) groups is 2. The molecule has 0 N–H and O–H groups in total. The summed E-state index contributed by atoms with van der Waals surface area (Å²) >= 11 is 0. The van der Waals surface area contributed by atoms with E-state index in [2.05, 4.69) is 22.1 Å². The van der Waals surface area contributed by atoms with Crippen molar-refractivity contribution < 1.29 is 9.59 Å². The van der Waals surface area contributed by atoms with E-state index >= 15 is 0 Å². The molecule has 2 amide bonds. The van der Waals surface area contributed by atoms with E-state index in [1.807, 2.05) is 0 Å². The van der Waals surface area contributed by atoms with Gasteiger partial charge in [0.15, 0.2) is 0 Å². The molecule has 0 radical (unpaired) electrons. The van der Waals surface area contributed by atoms with Crippen LogP contribution in [-0.2, 0) is 0 Å². The van der Waals surface area contributed by atoms with Gasteiger partial charge in [0, 0.05) is 58.8 Å². The van der Waals surface area contributed by atoms with Crippen LogP contribution in [-0.4, -0.2) is 35.9 Å². The number of amides is 2. The minimum atomic E-state index is -0.194. The molecule has 0 aliphatic carbocycles. The number of anilines is 2. The molecule has 0 saturated carbocycles. The number of nitrogens with zero attached hydrogens (tertiary/aromatic N) is 6. The number of aromatic nitrogens is 2. The van der Waals surface area contributed by atoms with Crippen LogP contribution in [0.2, 0.25) is 0 Å². The molecule has 4 heterocycles. The molecule has 5 aromatic rings. The third-order valence-electron chi connectivity index (χ3n) is 6.78. The maximum Gasteiger partial charge on any atom is 0.260 e. The fourth-order valence-electron chi connectivity index (χ4n) is 5.35. The van der Waals surface area contributed by atoms with Gasteiger partial charge in [-0.05, 0) is 12.1 Å². The molecule has 0 bridgehead atoms. The van der Waals surface area contributed by atoms with E-state index in [9.17, 15) is 20.1 Å². The smallest absolute Gasteiger partial charge is 0.260 e. The van der Waals surface area contributed by atoms with Crippen molar-refractivity contribution in [3.8, 4) is 12.1 Å². The second kappa shape index (κ2) is 5.08. The SMILES string of the molecule is CN1C(=O)c2cnc3c4c(C#N)cc5c6c(cnc(c7c(C#N)cc1c2c37)c64)C(=O)N5C. The highest BCUT2D eigenvalue weighted by Crippen LogP contribution is 2.50. The lowest BCUT2D eigenvalue weighted by atomic mass is 9.88. The molecule has 0 saturated heterocycles. The summed E-state index contributed by atoms with van der Waals surface area (Å²) in [6.07, 6.45) is 3.06. The molecule has 2 aromatic heterocycles. The number of nitriles is 2. The Balaban J connectivity index is 1.91. The number of hydrogen-bond donors (Lipinski definition) is 0. The summed E-state index contributed by atoms with van der Waals surface area (Å²) in [4.78, 5) is 37.9. The maximum absolute atomic E-state index is 12.8. The molecule has 7 rings (SSSR count). The van der Waals surface area contributed by atoms with Crippen molar-refractivity contribution in [3.05, 3.63) is 46.8 Å². The average molecular weight is 414 g/mol. The van der Waals surface area contributed by atoms with Gasteiger partial charge in [-0.15, -0.1) is 0 Å². The summed E-state index contributed by atoms with van der Waals surface area (Å²) in [6.45, 7) is 0. The van der Waals surface area contributed by atoms with Crippen molar-refractivity contribution in [2.45, 2.75) is 0 Å². The second-order valence-corrected chi connectivity index (χ2v) is 8.13. The molecule has 0 fully saturated rings. The molecule has 0 unspecified atom stereocenters. The molecule has 0 atom stereocenters. The standard InChI is InChI=1S/C24H10N6O2/c1-29-13-3-9(5-25)15-19-17(13)11(23(29)31)7-27-21(19)16-10(6-26)4-14-18-12(24(32)30(14)2)8-28-22(15)20(16)18/h3-4,7-8H,1-2H3. The highest BCUT2D eigenvalue weighted by molar-refractivity contribution is 6.41. The van der Waals surface area contributed by atoms with E-state index in [1.54, 1.807) is 26.2 Å². The fraction of sp³-hybridized carbons (Fsp3) is 0.0833. The summed E-state index contributed by atoms with van der Waals surface area (Å²) in [6, 6.07) is 7.90. The molecular formula is C24H10N6O2. The Morgan fingerprint density at radius 1 is 0.688 bits per heavy atom. The maximum atomic E-state index is 12.8. The molecule has 2 aliphatic heterocycles. The summed E-state index contributed by atoms with van der Waals surface area (Å²) in [7, 11) is 3.33. The van der Waals surface area contributed by atoms with Crippen LogP contribution in [0.4, 0.5) is 11.4 Å². The highest BCUT2D eigenvalue weighted by Gasteiger charge is 2.35. The van der Waals surface area contributed by atoms with E-state index in [4.69, 9.17) is 0 Å². The summed E-state index contributed by atoms with van der Waals surface area (Å²) in [5.74, 6) is -0.388. The Kier molecular flexibility index (Phi) is 2.68. The zero-order valence-electron chi connectivity index (χ0n) is 16.8. The Morgan fingerprint density at radius 2 is 1.09 bits per heavy atom. The van der Waals surface area contributed by atoms with Gasteiger partial charge in [0.25, 0.3) is 11.8 Å². The molecule has 0 spiro atoms. The van der Waals surface area contributed by atoms with Crippen LogP contribution in [0, 0.1) is 22.7 Å². The quantitative estimate of drug-likeness (QED) is 0.283. The molecule has 32 heavy (non-hydrogen) atoms. The third kappa shape index (κ3) is 1.56. The topological polar surface area (TPSA) is 114 Å². The summed E-state index contributed by atoms with van der Waals surface area (Å²) < 4.78 is 0. The first-order chi connectivity index (χ1) is 15.5. The molecule has 3 aromatic carbocycles. The Bertz CT molecular complexity index is 1740. The molecule has 8 heteroatoms. The van der Waals surface area contributed by atoms with Crippen LogP contribution in [0.25, 0.3) is 43.4 Å². The lowest BCUT2D eigenvalue weighted by molar-refractivity contribution is 0.0991. The van der Waals surface area contributed by atoms with Gasteiger partial charge < -0.3 is 9.80 Å². The van der Waals surface area contributed by atoms with Crippen LogP contribution < -0.4 is 9.80 Å². The number of fused-ring (bicyclic) bond motifs is 2. The molecule has 8 nitrogen and oxygen atoms in total. The first kappa shape index (κ1) is 16.9. The lowest BCUT2D eigenvalue weighted by Crippen LogP contribution is -2.20. The van der Waals surface area contributed by atoms with Crippen molar-refractivity contribution in [2.24, 2.45) is 0 Å². The van der Waals surface area contributed by atoms with E-state index in [1.165, 1.54) is 22.2 Å². The average Bonchev–Trinajstić information content (AvgIpc) is 3.21. The first-order valence-electron chi connectivity index (χ1n) is 9.84. The van der Waals surface area contributed by atoms with Gasteiger partial charge in [0.1, 0.15) is 0 Å². The fourth-order valence-corrected chi connectivity index (χ4v) is 5.35.